The van der Waals surface area contributed by atoms with Crippen molar-refractivity contribution < 1.29 is 4.43 Å². The van der Waals surface area contributed by atoms with Crippen LogP contribution in [-0.4, -0.2) is 15.4 Å². The molecular weight excluding hydrogens is 252 g/mol. The van der Waals surface area contributed by atoms with Gasteiger partial charge in [-0.1, -0.05) is 42.9 Å². The second-order valence-electron chi connectivity index (χ2n) is 6.33. The number of hydrogen-bond donors (Lipinski definition) is 0. The highest BCUT2D eigenvalue weighted by Crippen LogP contribution is 2.44. The minimum Gasteiger partial charge on any atom is -0.410 e. The standard InChI is InChI=1S/C15H24OSi2/c1-6-18(5)13-12-15(2,16-17(18,3)4)14-10-8-7-9-11-14/h6-11H,1,12-13H2,2-5H3. The van der Waals surface area contributed by atoms with Crippen molar-refractivity contribution in [2.24, 2.45) is 0 Å². The highest BCUT2D eigenvalue weighted by Gasteiger charge is 2.53. The summed E-state index contributed by atoms with van der Waals surface area (Å²) in [6.07, 6.45) is 1.13. The molecule has 2 atom stereocenters. The predicted molar refractivity (Wildman–Crippen MR) is 83.6 cm³/mol. The molecule has 0 spiro atoms. The van der Waals surface area contributed by atoms with E-state index in [4.69, 9.17) is 4.43 Å². The zero-order valence-corrected chi connectivity index (χ0v) is 14.0. The zero-order chi connectivity index (χ0) is 13.4. The summed E-state index contributed by atoms with van der Waals surface area (Å²) in [5.41, 5.74) is 3.49. The van der Waals surface area contributed by atoms with E-state index in [0.29, 0.717) is 0 Å². The van der Waals surface area contributed by atoms with Crippen LogP contribution in [0.5, 0.6) is 0 Å². The minimum atomic E-state index is -1.64. The summed E-state index contributed by atoms with van der Waals surface area (Å²) < 4.78 is 6.68. The van der Waals surface area contributed by atoms with Gasteiger partial charge in [0.2, 0.25) is 0 Å². The monoisotopic (exact) mass is 276 g/mol. The molecule has 0 aliphatic carbocycles. The van der Waals surface area contributed by atoms with Gasteiger partial charge in [0.15, 0.2) is 7.83 Å². The predicted octanol–water partition coefficient (Wildman–Crippen LogP) is 4.41. The van der Waals surface area contributed by atoms with Gasteiger partial charge in [-0.15, -0.1) is 12.3 Å². The minimum absolute atomic E-state index is 0.0908. The molecule has 0 bridgehead atoms. The maximum Gasteiger partial charge on any atom is 0.179 e. The van der Waals surface area contributed by atoms with Crippen LogP contribution >= 0.6 is 0 Å². The molecule has 1 nitrogen and oxygen atoms in total. The van der Waals surface area contributed by atoms with Crippen molar-refractivity contribution >= 4 is 15.4 Å². The molecule has 1 aliphatic heterocycles. The van der Waals surface area contributed by atoms with Crippen molar-refractivity contribution in [1.29, 1.82) is 0 Å². The molecule has 1 aromatic carbocycles. The summed E-state index contributed by atoms with van der Waals surface area (Å²) >= 11 is 0. The van der Waals surface area contributed by atoms with Crippen molar-refractivity contribution in [3.63, 3.8) is 0 Å². The van der Waals surface area contributed by atoms with Crippen molar-refractivity contribution in [2.75, 3.05) is 0 Å². The van der Waals surface area contributed by atoms with E-state index in [1.54, 1.807) is 0 Å². The van der Waals surface area contributed by atoms with Gasteiger partial charge < -0.3 is 4.43 Å². The van der Waals surface area contributed by atoms with E-state index >= 15 is 0 Å². The number of benzene rings is 1. The first kappa shape index (κ1) is 13.8. The van der Waals surface area contributed by atoms with Crippen LogP contribution in [0.4, 0.5) is 0 Å². The van der Waals surface area contributed by atoms with Crippen molar-refractivity contribution in [1.82, 2.24) is 0 Å². The van der Waals surface area contributed by atoms with Gasteiger partial charge in [0.05, 0.1) is 13.2 Å². The molecule has 1 aromatic rings. The Morgan fingerprint density at radius 3 is 2.33 bits per heavy atom. The lowest BCUT2D eigenvalue weighted by Gasteiger charge is -2.51. The Morgan fingerprint density at radius 1 is 1.22 bits per heavy atom. The Morgan fingerprint density at radius 2 is 1.83 bits per heavy atom. The molecule has 0 amide bonds. The largest absolute Gasteiger partial charge is 0.410 e. The van der Waals surface area contributed by atoms with Crippen LogP contribution in [-0.2, 0) is 10.0 Å². The second kappa shape index (κ2) is 4.47. The maximum atomic E-state index is 6.68. The van der Waals surface area contributed by atoms with E-state index < -0.39 is 15.4 Å². The van der Waals surface area contributed by atoms with Gasteiger partial charge in [-0.2, -0.15) is 0 Å². The number of hydrogen-bond acceptors (Lipinski definition) is 1. The van der Waals surface area contributed by atoms with Gasteiger partial charge in [0.1, 0.15) is 0 Å². The third-order valence-electron chi connectivity index (χ3n) is 4.81. The van der Waals surface area contributed by atoms with Crippen LogP contribution in [0, 0.1) is 0 Å². The SMILES string of the molecule is C=C[Si]1(C)CCC(C)(c2ccccc2)O[Si]1(C)C. The van der Waals surface area contributed by atoms with Gasteiger partial charge in [-0.3, -0.25) is 0 Å². The van der Waals surface area contributed by atoms with Crippen LogP contribution in [0.3, 0.4) is 0 Å². The zero-order valence-electron chi connectivity index (χ0n) is 12.0. The lowest BCUT2D eigenvalue weighted by molar-refractivity contribution is 0.0708. The van der Waals surface area contributed by atoms with Gasteiger partial charge in [0.25, 0.3) is 0 Å². The Hall–Kier alpha value is -0.646. The lowest BCUT2D eigenvalue weighted by atomic mass is 9.93. The molecule has 2 rings (SSSR count). The van der Waals surface area contributed by atoms with Gasteiger partial charge in [-0.25, -0.2) is 0 Å². The first-order valence-corrected chi connectivity index (χ1v) is 13.4. The molecule has 0 aromatic heterocycles. The highest BCUT2D eigenvalue weighted by atomic mass is 29.3. The smallest absolute Gasteiger partial charge is 0.179 e. The van der Waals surface area contributed by atoms with E-state index in [9.17, 15) is 0 Å². The van der Waals surface area contributed by atoms with Crippen molar-refractivity contribution in [3.05, 3.63) is 48.2 Å². The molecule has 3 heteroatoms. The van der Waals surface area contributed by atoms with E-state index in [0.717, 1.165) is 6.42 Å². The first-order chi connectivity index (χ1) is 8.33. The van der Waals surface area contributed by atoms with Crippen LogP contribution in [0.15, 0.2) is 42.6 Å². The Balaban J connectivity index is 2.33. The number of rotatable bonds is 2. The molecule has 18 heavy (non-hydrogen) atoms. The van der Waals surface area contributed by atoms with E-state index in [1.807, 2.05) is 0 Å². The van der Waals surface area contributed by atoms with E-state index in [-0.39, 0.29) is 5.60 Å². The summed E-state index contributed by atoms with van der Waals surface area (Å²) in [5, 5.41) is 0. The second-order valence-corrected chi connectivity index (χ2v) is 20.3. The summed E-state index contributed by atoms with van der Waals surface area (Å²) in [6, 6.07) is 12.0. The summed E-state index contributed by atoms with van der Waals surface area (Å²) in [5.74, 6) is 0. The lowest BCUT2D eigenvalue weighted by Crippen LogP contribution is -2.64. The van der Waals surface area contributed by atoms with Gasteiger partial charge in [-0.05, 0) is 32.0 Å². The molecule has 0 saturated carbocycles. The van der Waals surface area contributed by atoms with Crippen LogP contribution < -0.4 is 0 Å². The average molecular weight is 277 g/mol. The Bertz CT molecular complexity index is 443. The fourth-order valence-corrected chi connectivity index (χ4v) is 11.8. The van der Waals surface area contributed by atoms with Crippen LogP contribution in [0.1, 0.15) is 18.9 Å². The topological polar surface area (TPSA) is 9.23 Å². The van der Waals surface area contributed by atoms with E-state index in [2.05, 4.69) is 69.2 Å². The van der Waals surface area contributed by atoms with Gasteiger partial charge >= 0.3 is 0 Å². The van der Waals surface area contributed by atoms with Crippen LogP contribution in [0.25, 0.3) is 0 Å². The fourth-order valence-electron chi connectivity index (χ4n) is 2.87. The molecule has 0 N–H and O–H groups in total. The van der Waals surface area contributed by atoms with Crippen molar-refractivity contribution in [2.45, 2.75) is 44.6 Å². The summed E-state index contributed by atoms with van der Waals surface area (Å²) in [7, 11) is -3.02. The summed E-state index contributed by atoms with van der Waals surface area (Å²) in [6.45, 7) is 13.5. The first-order valence-electron chi connectivity index (χ1n) is 6.72. The Kier molecular flexibility index (Phi) is 3.42. The Labute approximate surface area is 113 Å². The van der Waals surface area contributed by atoms with Crippen molar-refractivity contribution in [3.8, 4) is 0 Å². The normalized spacial score (nSPS) is 35.1. The molecule has 1 heterocycles. The molecule has 1 fully saturated rings. The quantitative estimate of drug-likeness (QED) is 0.727. The van der Waals surface area contributed by atoms with E-state index in [1.165, 1.54) is 11.6 Å². The van der Waals surface area contributed by atoms with Crippen LogP contribution in [0.2, 0.25) is 25.7 Å². The molecule has 2 unspecified atom stereocenters. The maximum absolute atomic E-state index is 6.68. The fraction of sp³-hybridized carbons (Fsp3) is 0.467. The summed E-state index contributed by atoms with van der Waals surface area (Å²) in [4.78, 5) is 0. The highest BCUT2D eigenvalue weighted by molar-refractivity contribution is 7.40. The molecule has 1 aliphatic rings. The third kappa shape index (κ3) is 2.15. The average Bonchev–Trinajstić information content (AvgIpc) is 2.35. The van der Waals surface area contributed by atoms with Gasteiger partial charge in [0, 0.05) is 0 Å². The molecular formula is C15H24OSi2. The molecule has 98 valence electrons. The third-order valence-corrected chi connectivity index (χ3v) is 20.6. The molecule has 1 saturated heterocycles. The molecule has 0 radical (unpaired) electrons.